The molecule has 0 saturated heterocycles. The molecule has 1 aromatic carbocycles. The first-order valence-electron chi connectivity index (χ1n) is 6.88. The fourth-order valence-electron chi connectivity index (χ4n) is 2.42. The van der Waals surface area contributed by atoms with Crippen molar-refractivity contribution in [3.8, 4) is 16.3 Å². The molecule has 118 valence electrons. The van der Waals surface area contributed by atoms with E-state index in [9.17, 15) is 9.90 Å². The summed E-state index contributed by atoms with van der Waals surface area (Å²) in [5.74, 6) is -1.04. The van der Waals surface area contributed by atoms with E-state index in [0.29, 0.717) is 21.3 Å². The second-order valence-corrected chi connectivity index (χ2v) is 6.98. The van der Waals surface area contributed by atoms with Crippen LogP contribution in [0.5, 0.6) is 0 Å². The third-order valence-corrected chi connectivity index (χ3v) is 4.91. The van der Waals surface area contributed by atoms with Crippen molar-refractivity contribution in [3.63, 3.8) is 0 Å². The van der Waals surface area contributed by atoms with E-state index in [2.05, 4.69) is 5.10 Å². The van der Waals surface area contributed by atoms with Gasteiger partial charge in [-0.15, -0.1) is 11.3 Å². The van der Waals surface area contributed by atoms with E-state index in [1.165, 1.54) is 11.3 Å². The average Bonchev–Trinajstić information content (AvgIpc) is 3.11. The minimum Gasteiger partial charge on any atom is -0.476 e. The lowest BCUT2D eigenvalue weighted by Crippen LogP contribution is -2.02. The van der Waals surface area contributed by atoms with E-state index in [0.717, 1.165) is 16.3 Å². The number of thiophene rings is 1. The van der Waals surface area contributed by atoms with Crippen LogP contribution in [-0.4, -0.2) is 20.9 Å². The zero-order valence-electron chi connectivity index (χ0n) is 12.1. The number of halogens is 2. The first-order chi connectivity index (χ1) is 11.0. The Morgan fingerprint density at radius 2 is 1.91 bits per heavy atom. The van der Waals surface area contributed by atoms with Crippen molar-refractivity contribution in [3.05, 3.63) is 57.0 Å². The second-order valence-electron chi connectivity index (χ2n) is 4.83. The molecular weight excluding hydrogens is 355 g/mol. The molecule has 0 saturated carbocycles. The number of carbonyl (C=O) groups is 1. The molecule has 0 aliphatic heterocycles. The zero-order chi connectivity index (χ0) is 16.6. The van der Waals surface area contributed by atoms with Crippen LogP contribution in [0.2, 0.25) is 9.36 Å². The maximum atomic E-state index is 11.5. The van der Waals surface area contributed by atoms with Gasteiger partial charge < -0.3 is 5.11 Å². The number of hydrogen-bond acceptors (Lipinski definition) is 3. The van der Waals surface area contributed by atoms with Gasteiger partial charge in [0.15, 0.2) is 5.69 Å². The largest absolute Gasteiger partial charge is 0.476 e. The van der Waals surface area contributed by atoms with Crippen LogP contribution in [0, 0.1) is 0 Å². The van der Waals surface area contributed by atoms with Crippen molar-refractivity contribution in [1.82, 2.24) is 9.78 Å². The van der Waals surface area contributed by atoms with E-state index in [1.807, 2.05) is 13.0 Å². The summed E-state index contributed by atoms with van der Waals surface area (Å²) in [5.41, 5.74) is 2.24. The molecule has 0 aliphatic carbocycles. The van der Waals surface area contributed by atoms with Gasteiger partial charge in [0.2, 0.25) is 0 Å². The van der Waals surface area contributed by atoms with Crippen LogP contribution in [0.1, 0.15) is 23.0 Å². The van der Waals surface area contributed by atoms with Gasteiger partial charge >= 0.3 is 5.97 Å². The Bertz CT molecular complexity index is 869. The standard InChI is InChI=1S/C16H12Cl2N2O2S/c1-2-11-14(16(21)22)19-20(10-5-3-9(17)4-6-10)15(11)12-7-8-13(18)23-12/h3-8H,2H2,1H3,(H,21,22). The predicted octanol–water partition coefficient (Wildman–Crippen LogP) is 5.17. The topological polar surface area (TPSA) is 55.1 Å². The Morgan fingerprint density at radius 1 is 1.22 bits per heavy atom. The van der Waals surface area contributed by atoms with Crippen LogP contribution in [0.4, 0.5) is 0 Å². The van der Waals surface area contributed by atoms with Gasteiger partial charge in [0.25, 0.3) is 0 Å². The van der Waals surface area contributed by atoms with Gasteiger partial charge in [0, 0.05) is 10.6 Å². The molecule has 2 aromatic heterocycles. The number of carboxylic acids is 1. The van der Waals surface area contributed by atoms with E-state index in [-0.39, 0.29) is 5.69 Å². The normalized spacial score (nSPS) is 10.9. The Kier molecular flexibility index (Phi) is 4.43. The molecular formula is C16H12Cl2N2O2S. The van der Waals surface area contributed by atoms with Crippen LogP contribution >= 0.6 is 34.5 Å². The molecule has 0 fully saturated rings. The highest BCUT2D eigenvalue weighted by Crippen LogP contribution is 2.36. The minimum atomic E-state index is -1.04. The summed E-state index contributed by atoms with van der Waals surface area (Å²) in [5, 5.41) is 14.4. The highest BCUT2D eigenvalue weighted by Gasteiger charge is 2.24. The first kappa shape index (κ1) is 16.1. The molecule has 2 heterocycles. The molecule has 0 bridgehead atoms. The summed E-state index contributed by atoms with van der Waals surface area (Å²) in [6.45, 7) is 1.91. The number of hydrogen-bond donors (Lipinski definition) is 1. The maximum absolute atomic E-state index is 11.5. The monoisotopic (exact) mass is 366 g/mol. The van der Waals surface area contributed by atoms with Gasteiger partial charge in [0.05, 0.1) is 20.6 Å². The van der Waals surface area contributed by atoms with Crippen LogP contribution in [0.25, 0.3) is 16.3 Å². The van der Waals surface area contributed by atoms with Gasteiger partial charge in [0.1, 0.15) is 0 Å². The summed E-state index contributed by atoms with van der Waals surface area (Å²) in [7, 11) is 0. The SMILES string of the molecule is CCc1c(C(=O)O)nn(-c2ccc(Cl)cc2)c1-c1ccc(Cl)s1. The Morgan fingerprint density at radius 3 is 2.43 bits per heavy atom. The van der Waals surface area contributed by atoms with Crippen molar-refractivity contribution in [2.45, 2.75) is 13.3 Å². The van der Waals surface area contributed by atoms with Crippen LogP contribution < -0.4 is 0 Å². The number of benzene rings is 1. The van der Waals surface area contributed by atoms with Crippen molar-refractivity contribution in [2.75, 3.05) is 0 Å². The van der Waals surface area contributed by atoms with E-state index in [1.54, 1.807) is 35.0 Å². The van der Waals surface area contributed by atoms with Gasteiger partial charge in [-0.3, -0.25) is 0 Å². The zero-order valence-corrected chi connectivity index (χ0v) is 14.4. The van der Waals surface area contributed by atoms with E-state index < -0.39 is 5.97 Å². The number of rotatable bonds is 4. The van der Waals surface area contributed by atoms with E-state index in [4.69, 9.17) is 23.2 Å². The molecule has 3 aromatic rings. The maximum Gasteiger partial charge on any atom is 0.356 e. The van der Waals surface area contributed by atoms with Crippen molar-refractivity contribution in [2.24, 2.45) is 0 Å². The quantitative estimate of drug-likeness (QED) is 0.692. The summed E-state index contributed by atoms with van der Waals surface area (Å²) in [6.07, 6.45) is 0.556. The molecule has 0 spiro atoms. The summed E-state index contributed by atoms with van der Waals surface area (Å²) in [4.78, 5) is 12.4. The number of nitrogens with zero attached hydrogens (tertiary/aromatic N) is 2. The number of aromatic nitrogens is 2. The molecule has 23 heavy (non-hydrogen) atoms. The van der Waals surface area contributed by atoms with Crippen LogP contribution in [0.3, 0.4) is 0 Å². The molecule has 0 atom stereocenters. The molecule has 1 N–H and O–H groups in total. The highest BCUT2D eigenvalue weighted by molar-refractivity contribution is 7.19. The first-order valence-corrected chi connectivity index (χ1v) is 8.45. The third kappa shape index (κ3) is 3.00. The Balaban J connectivity index is 2.29. The number of carboxylic acid groups (broad SMARTS) is 1. The molecule has 0 unspecified atom stereocenters. The fraction of sp³-hybridized carbons (Fsp3) is 0.125. The van der Waals surface area contributed by atoms with Crippen molar-refractivity contribution in [1.29, 1.82) is 0 Å². The summed E-state index contributed by atoms with van der Waals surface area (Å²) < 4.78 is 2.28. The highest BCUT2D eigenvalue weighted by atomic mass is 35.5. The van der Waals surface area contributed by atoms with Crippen LogP contribution in [0.15, 0.2) is 36.4 Å². The Labute approximate surface area is 146 Å². The molecule has 0 aliphatic rings. The lowest BCUT2D eigenvalue weighted by atomic mass is 10.1. The molecule has 4 nitrogen and oxygen atoms in total. The predicted molar refractivity (Wildman–Crippen MR) is 93.2 cm³/mol. The van der Waals surface area contributed by atoms with Crippen molar-refractivity contribution >= 4 is 40.5 Å². The minimum absolute atomic E-state index is 0.0574. The van der Waals surface area contributed by atoms with Gasteiger partial charge in [-0.25, -0.2) is 9.48 Å². The van der Waals surface area contributed by atoms with Crippen LogP contribution in [-0.2, 0) is 6.42 Å². The third-order valence-electron chi connectivity index (χ3n) is 3.42. The molecule has 3 rings (SSSR count). The van der Waals surface area contributed by atoms with Gasteiger partial charge in [-0.2, -0.15) is 5.10 Å². The average molecular weight is 367 g/mol. The van der Waals surface area contributed by atoms with E-state index >= 15 is 0 Å². The van der Waals surface area contributed by atoms with Gasteiger partial charge in [-0.1, -0.05) is 30.1 Å². The summed E-state index contributed by atoms with van der Waals surface area (Å²) in [6, 6.07) is 10.8. The smallest absolute Gasteiger partial charge is 0.356 e. The fourth-order valence-corrected chi connectivity index (χ4v) is 3.65. The molecule has 0 radical (unpaired) electrons. The molecule has 7 heteroatoms. The number of aromatic carboxylic acids is 1. The molecule has 0 amide bonds. The lowest BCUT2D eigenvalue weighted by Gasteiger charge is -2.07. The van der Waals surface area contributed by atoms with Gasteiger partial charge in [-0.05, 0) is 42.8 Å². The summed E-state index contributed by atoms with van der Waals surface area (Å²) >= 11 is 13.4. The second kappa shape index (κ2) is 6.35. The van der Waals surface area contributed by atoms with Crippen molar-refractivity contribution < 1.29 is 9.90 Å². The Hall–Kier alpha value is -1.82. The lowest BCUT2D eigenvalue weighted by molar-refractivity contribution is 0.0689.